The van der Waals surface area contributed by atoms with E-state index in [2.05, 4.69) is 0 Å². The summed E-state index contributed by atoms with van der Waals surface area (Å²) in [7, 11) is 2.91. The van der Waals surface area contributed by atoms with Crippen LogP contribution in [0, 0.1) is 0 Å². The van der Waals surface area contributed by atoms with Crippen LogP contribution in [0.2, 0.25) is 0 Å². The molecule has 0 N–H and O–H groups in total. The predicted octanol–water partition coefficient (Wildman–Crippen LogP) is 4.59. The Hall–Kier alpha value is -2.50. The Bertz CT molecular complexity index is 714. The third-order valence-corrected chi connectivity index (χ3v) is 3.39. The first-order chi connectivity index (χ1) is 10.8. The maximum Gasteiger partial charge on any atom is 0.417 e. The second-order valence-corrected chi connectivity index (χ2v) is 4.92. The number of ketones is 1. The molecule has 2 aromatic rings. The van der Waals surface area contributed by atoms with E-state index < -0.39 is 17.5 Å². The number of carbonyl (C=O) groups is 1. The summed E-state index contributed by atoms with van der Waals surface area (Å²) >= 11 is 0. The lowest BCUT2D eigenvalue weighted by atomic mass is 9.96. The zero-order valence-electron chi connectivity index (χ0n) is 12.8. The van der Waals surface area contributed by atoms with Gasteiger partial charge < -0.3 is 9.47 Å². The van der Waals surface area contributed by atoms with Crippen LogP contribution >= 0.6 is 0 Å². The number of Topliss-reactive ketones (excluding diaryl/α,β-unsaturated/α-hetero) is 1. The highest BCUT2D eigenvalue weighted by Crippen LogP contribution is 2.37. The number of carbonyl (C=O) groups excluding carboxylic acids is 1. The van der Waals surface area contributed by atoms with Crippen LogP contribution in [0.15, 0.2) is 36.4 Å². The molecule has 0 aliphatic rings. The number of halogens is 3. The van der Waals surface area contributed by atoms with Crippen LogP contribution in [-0.4, -0.2) is 20.0 Å². The number of methoxy groups -OCH3 is 2. The highest BCUT2D eigenvalue weighted by atomic mass is 19.4. The van der Waals surface area contributed by atoms with Crippen LogP contribution < -0.4 is 9.47 Å². The summed E-state index contributed by atoms with van der Waals surface area (Å²) < 4.78 is 49.8. The lowest BCUT2D eigenvalue weighted by Gasteiger charge is -2.14. The molecule has 23 heavy (non-hydrogen) atoms. The largest absolute Gasteiger partial charge is 0.497 e. The molecule has 0 saturated carbocycles. The van der Waals surface area contributed by atoms with Crippen LogP contribution in [0.3, 0.4) is 0 Å². The maximum absolute atomic E-state index is 13.2. The van der Waals surface area contributed by atoms with E-state index in [1.165, 1.54) is 26.4 Å². The second-order valence-electron chi connectivity index (χ2n) is 4.92. The van der Waals surface area contributed by atoms with Crippen molar-refractivity contribution in [2.45, 2.75) is 13.1 Å². The number of alkyl halides is 3. The van der Waals surface area contributed by atoms with E-state index in [1.54, 1.807) is 18.2 Å². The van der Waals surface area contributed by atoms with E-state index in [4.69, 9.17) is 9.47 Å². The van der Waals surface area contributed by atoms with Gasteiger partial charge in [-0.1, -0.05) is 12.1 Å². The Balaban J connectivity index is 2.63. The summed E-state index contributed by atoms with van der Waals surface area (Å²) in [5.74, 6) is 0.291. The van der Waals surface area contributed by atoms with Gasteiger partial charge in [-0.25, -0.2) is 0 Å². The molecule has 2 rings (SSSR count). The summed E-state index contributed by atoms with van der Waals surface area (Å²) in [6.45, 7) is 1.11. The minimum Gasteiger partial charge on any atom is -0.497 e. The number of ether oxygens (including phenoxy) is 2. The number of hydrogen-bond acceptors (Lipinski definition) is 3. The van der Waals surface area contributed by atoms with Gasteiger partial charge in [0.15, 0.2) is 5.78 Å². The molecule has 0 spiro atoms. The highest BCUT2D eigenvalue weighted by molar-refractivity contribution is 5.96. The summed E-state index contributed by atoms with van der Waals surface area (Å²) in [4.78, 5) is 11.4. The fourth-order valence-electron chi connectivity index (χ4n) is 2.24. The van der Waals surface area contributed by atoms with Gasteiger partial charge in [0, 0.05) is 11.6 Å². The highest BCUT2D eigenvalue weighted by Gasteiger charge is 2.34. The van der Waals surface area contributed by atoms with Gasteiger partial charge in [0.05, 0.1) is 19.8 Å². The molecule has 0 fully saturated rings. The van der Waals surface area contributed by atoms with Gasteiger partial charge in [-0.2, -0.15) is 13.2 Å². The molecule has 0 heterocycles. The molecule has 0 saturated heterocycles. The topological polar surface area (TPSA) is 35.5 Å². The monoisotopic (exact) mass is 324 g/mol. The minimum absolute atomic E-state index is 0.319. The van der Waals surface area contributed by atoms with Gasteiger partial charge in [-0.3, -0.25) is 4.79 Å². The van der Waals surface area contributed by atoms with Crippen molar-refractivity contribution in [2.75, 3.05) is 14.2 Å². The Morgan fingerprint density at radius 2 is 1.48 bits per heavy atom. The van der Waals surface area contributed by atoms with Crippen LogP contribution in [0.1, 0.15) is 22.8 Å². The van der Waals surface area contributed by atoms with Gasteiger partial charge in [0.1, 0.15) is 11.5 Å². The average molecular weight is 324 g/mol. The number of hydrogen-bond donors (Lipinski definition) is 0. The van der Waals surface area contributed by atoms with Crippen molar-refractivity contribution in [3.63, 3.8) is 0 Å². The van der Waals surface area contributed by atoms with Crippen LogP contribution in [0.5, 0.6) is 11.5 Å². The van der Waals surface area contributed by atoms with Crippen LogP contribution in [0.25, 0.3) is 11.1 Å². The van der Waals surface area contributed by atoms with Crippen molar-refractivity contribution in [2.24, 2.45) is 0 Å². The van der Waals surface area contributed by atoms with Crippen molar-refractivity contribution >= 4 is 5.78 Å². The third-order valence-electron chi connectivity index (χ3n) is 3.39. The summed E-state index contributed by atoms with van der Waals surface area (Å²) in [6.07, 6.45) is -4.61. The van der Waals surface area contributed by atoms with Gasteiger partial charge >= 0.3 is 6.18 Å². The molecule has 3 nitrogen and oxygen atoms in total. The number of benzene rings is 2. The zero-order valence-corrected chi connectivity index (χ0v) is 12.8. The molecule has 0 radical (unpaired) electrons. The zero-order chi connectivity index (χ0) is 17.2. The van der Waals surface area contributed by atoms with E-state index in [0.29, 0.717) is 22.6 Å². The first kappa shape index (κ1) is 16.9. The third kappa shape index (κ3) is 3.64. The lowest BCUT2D eigenvalue weighted by molar-refractivity contribution is -0.137. The van der Waals surface area contributed by atoms with Crippen molar-refractivity contribution in [3.05, 3.63) is 47.5 Å². The quantitative estimate of drug-likeness (QED) is 0.772. The van der Waals surface area contributed by atoms with E-state index in [1.807, 2.05) is 0 Å². The standard InChI is InChI=1S/C17H15F3O3/c1-10(21)15-5-4-11(8-16(15)17(18,19)20)12-6-13(22-2)9-14(7-12)23-3/h4-9H,1-3H3. The fraction of sp³-hybridized carbons (Fsp3) is 0.235. The predicted molar refractivity (Wildman–Crippen MR) is 80.0 cm³/mol. The van der Waals surface area contributed by atoms with Crippen molar-refractivity contribution in [1.29, 1.82) is 0 Å². The Kier molecular flexibility index (Phi) is 4.63. The smallest absolute Gasteiger partial charge is 0.417 e. The molecule has 6 heteroatoms. The Labute approximate surface area is 131 Å². The summed E-state index contributed by atoms with van der Waals surface area (Å²) in [5.41, 5.74) is -0.485. The molecule has 0 amide bonds. The van der Waals surface area contributed by atoms with Gasteiger partial charge in [-0.15, -0.1) is 0 Å². The average Bonchev–Trinajstić information content (AvgIpc) is 2.52. The molecule has 0 bridgehead atoms. The Morgan fingerprint density at radius 3 is 1.91 bits per heavy atom. The van der Waals surface area contributed by atoms with Gasteiger partial charge in [0.2, 0.25) is 0 Å². The van der Waals surface area contributed by atoms with Crippen molar-refractivity contribution in [3.8, 4) is 22.6 Å². The molecule has 0 unspecified atom stereocenters. The molecule has 0 aromatic heterocycles. The SMILES string of the molecule is COc1cc(OC)cc(-c2ccc(C(C)=O)c(C(F)(F)F)c2)c1. The van der Waals surface area contributed by atoms with E-state index in [0.717, 1.165) is 13.0 Å². The van der Waals surface area contributed by atoms with Crippen LogP contribution in [-0.2, 0) is 6.18 Å². The van der Waals surface area contributed by atoms with Gasteiger partial charge in [0.25, 0.3) is 0 Å². The van der Waals surface area contributed by atoms with E-state index in [9.17, 15) is 18.0 Å². The van der Waals surface area contributed by atoms with Crippen molar-refractivity contribution < 1.29 is 27.4 Å². The fourth-order valence-corrected chi connectivity index (χ4v) is 2.24. The lowest BCUT2D eigenvalue weighted by Crippen LogP contribution is -2.11. The molecule has 0 aliphatic heterocycles. The normalized spacial score (nSPS) is 11.2. The molecular formula is C17H15F3O3. The molecular weight excluding hydrogens is 309 g/mol. The maximum atomic E-state index is 13.2. The van der Waals surface area contributed by atoms with E-state index >= 15 is 0 Å². The van der Waals surface area contributed by atoms with E-state index in [-0.39, 0.29) is 5.56 Å². The number of rotatable bonds is 4. The summed E-state index contributed by atoms with van der Waals surface area (Å²) in [6, 6.07) is 8.45. The van der Waals surface area contributed by atoms with Crippen LogP contribution in [0.4, 0.5) is 13.2 Å². The molecule has 0 atom stereocenters. The first-order valence-electron chi connectivity index (χ1n) is 6.72. The minimum atomic E-state index is -4.61. The Morgan fingerprint density at radius 1 is 0.913 bits per heavy atom. The van der Waals surface area contributed by atoms with Crippen molar-refractivity contribution in [1.82, 2.24) is 0 Å². The molecule has 2 aromatic carbocycles. The first-order valence-corrected chi connectivity index (χ1v) is 6.72. The molecule has 0 aliphatic carbocycles. The van der Waals surface area contributed by atoms with Gasteiger partial charge in [-0.05, 0) is 36.2 Å². The summed E-state index contributed by atoms with van der Waals surface area (Å²) in [5, 5.41) is 0. The molecule has 122 valence electrons. The second kappa shape index (κ2) is 6.32.